The van der Waals surface area contributed by atoms with E-state index in [1.807, 2.05) is 30.7 Å². The Morgan fingerprint density at radius 2 is 1.74 bits per heavy atom. The first kappa shape index (κ1) is 13.9. The summed E-state index contributed by atoms with van der Waals surface area (Å²) in [6.07, 6.45) is 5.54. The number of imidazole rings is 1. The van der Waals surface area contributed by atoms with Gasteiger partial charge in [-0.2, -0.15) is 0 Å². The molecular weight excluding hydrogens is 284 g/mol. The summed E-state index contributed by atoms with van der Waals surface area (Å²) in [7, 11) is 0. The SMILES string of the molecule is Cc1cc2c(cc1C)-n1c(C)cnc1CN=C2c1ccncc1. The Bertz CT molecular complexity index is 920. The minimum absolute atomic E-state index is 0.582. The van der Waals surface area contributed by atoms with Gasteiger partial charge in [0.25, 0.3) is 0 Å². The van der Waals surface area contributed by atoms with Crippen LogP contribution in [0.25, 0.3) is 5.69 Å². The van der Waals surface area contributed by atoms with Gasteiger partial charge in [0.05, 0.1) is 17.9 Å². The van der Waals surface area contributed by atoms with Gasteiger partial charge in [0, 0.05) is 35.4 Å². The van der Waals surface area contributed by atoms with Gasteiger partial charge in [0.1, 0.15) is 5.82 Å². The van der Waals surface area contributed by atoms with Crippen LogP contribution in [0.15, 0.2) is 47.8 Å². The number of aryl methyl sites for hydroxylation is 3. The number of pyridine rings is 1. The van der Waals surface area contributed by atoms with Crippen molar-refractivity contribution < 1.29 is 0 Å². The first-order chi connectivity index (χ1) is 11.1. The molecule has 0 amide bonds. The zero-order valence-electron chi connectivity index (χ0n) is 13.5. The van der Waals surface area contributed by atoms with Crippen molar-refractivity contribution in [3.8, 4) is 5.69 Å². The van der Waals surface area contributed by atoms with Crippen molar-refractivity contribution in [3.63, 3.8) is 0 Å². The molecule has 0 aliphatic carbocycles. The summed E-state index contributed by atoms with van der Waals surface area (Å²) in [6.45, 7) is 6.97. The van der Waals surface area contributed by atoms with Gasteiger partial charge in [-0.15, -0.1) is 0 Å². The van der Waals surface area contributed by atoms with E-state index in [1.54, 1.807) is 0 Å². The molecule has 4 nitrogen and oxygen atoms in total. The van der Waals surface area contributed by atoms with Crippen LogP contribution in [0.2, 0.25) is 0 Å². The molecule has 0 fully saturated rings. The minimum Gasteiger partial charge on any atom is -0.299 e. The average Bonchev–Trinajstić information content (AvgIpc) is 2.84. The van der Waals surface area contributed by atoms with Crippen molar-refractivity contribution >= 4 is 5.71 Å². The van der Waals surface area contributed by atoms with Crippen LogP contribution in [-0.2, 0) is 6.54 Å². The molecule has 3 aromatic rings. The normalized spacial score (nSPS) is 13.1. The van der Waals surface area contributed by atoms with Gasteiger partial charge in [-0.25, -0.2) is 4.98 Å². The van der Waals surface area contributed by atoms with Gasteiger partial charge in [-0.05, 0) is 56.2 Å². The van der Waals surface area contributed by atoms with Gasteiger partial charge in [0.15, 0.2) is 0 Å². The molecule has 0 N–H and O–H groups in total. The fourth-order valence-corrected chi connectivity index (χ4v) is 3.09. The number of hydrogen-bond acceptors (Lipinski definition) is 3. The zero-order chi connectivity index (χ0) is 16.0. The summed E-state index contributed by atoms with van der Waals surface area (Å²) >= 11 is 0. The largest absolute Gasteiger partial charge is 0.299 e. The highest BCUT2D eigenvalue weighted by molar-refractivity contribution is 6.15. The highest BCUT2D eigenvalue weighted by atomic mass is 15.1. The lowest BCUT2D eigenvalue weighted by Gasteiger charge is -2.15. The summed E-state index contributed by atoms with van der Waals surface area (Å²) in [5, 5.41) is 0. The van der Waals surface area contributed by atoms with E-state index in [4.69, 9.17) is 4.99 Å². The van der Waals surface area contributed by atoms with E-state index in [1.165, 1.54) is 11.1 Å². The van der Waals surface area contributed by atoms with Gasteiger partial charge >= 0.3 is 0 Å². The monoisotopic (exact) mass is 302 g/mol. The minimum atomic E-state index is 0.582. The van der Waals surface area contributed by atoms with E-state index >= 15 is 0 Å². The fourth-order valence-electron chi connectivity index (χ4n) is 3.09. The molecule has 0 saturated carbocycles. The Morgan fingerprint density at radius 1 is 1.00 bits per heavy atom. The molecule has 0 unspecified atom stereocenters. The Morgan fingerprint density at radius 3 is 2.52 bits per heavy atom. The third-order valence-electron chi connectivity index (χ3n) is 4.45. The molecule has 1 aliphatic rings. The van der Waals surface area contributed by atoms with E-state index in [0.717, 1.165) is 34.0 Å². The van der Waals surface area contributed by atoms with Crippen molar-refractivity contribution in [1.82, 2.24) is 14.5 Å². The lowest BCUT2D eigenvalue weighted by Crippen LogP contribution is -2.09. The predicted molar refractivity (Wildman–Crippen MR) is 91.4 cm³/mol. The van der Waals surface area contributed by atoms with Crippen LogP contribution in [0.1, 0.15) is 33.8 Å². The van der Waals surface area contributed by atoms with E-state index in [0.29, 0.717) is 6.54 Å². The molecule has 4 rings (SSSR count). The Labute approximate surface area is 135 Å². The van der Waals surface area contributed by atoms with Crippen LogP contribution in [0.5, 0.6) is 0 Å². The second-order valence-corrected chi connectivity index (χ2v) is 6.01. The summed E-state index contributed by atoms with van der Waals surface area (Å²) in [5.41, 5.74) is 8.09. The average molecular weight is 302 g/mol. The number of aromatic nitrogens is 3. The van der Waals surface area contributed by atoms with Crippen LogP contribution in [0.4, 0.5) is 0 Å². The van der Waals surface area contributed by atoms with Gasteiger partial charge in [-0.1, -0.05) is 0 Å². The number of benzene rings is 1. The first-order valence-electron chi connectivity index (χ1n) is 7.75. The summed E-state index contributed by atoms with van der Waals surface area (Å²) in [4.78, 5) is 13.5. The maximum absolute atomic E-state index is 4.87. The van der Waals surface area contributed by atoms with Crippen LogP contribution in [0.3, 0.4) is 0 Å². The smallest absolute Gasteiger partial charge is 0.135 e. The highest BCUT2D eigenvalue weighted by Crippen LogP contribution is 2.28. The van der Waals surface area contributed by atoms with Crippen molar-refractivity contribution in [2.75, 3.05) is 0 Å². The Balaban J connectivity index is 2.04. The molecular formula is C19H18N4. The van der Waals surface area contributed by atoms with Crippen LogP contribution >= 0.6 is 0 Å². The Hall–Kier alpha value is -2.75. The maximum atomic E-state index is 4.87. The molecule has 0 spiro atoms. The van der Waals surface area contributed by atoms with Gasteiger partial charge < -0.3 is 0 Å². The molecule has 23 heavy (non-hydrogen) atoms. The van der Waals surface area contributed by atoms with Crippen molar-refractivity contribution in [2.45, 2.75) is 27.3 Å². The number of hydrogen-bond donors (Lipinski definition) is 0. The number of aliphatic imine (C=N–C) groups is 1. The zero-order valence-corrected chi connectivity index (χ0v) is 13.5. The molecule has 1 aromatic carbocycles. The first-order valence-corrected chi connectivity index (χ1v) is 7.75. The molecule has 1 aliphatic heterocycles. The number of nitrogens with zero attached hydrogens (tertiary/aromatic N) is 4. The van der Waals surface area contributed by atoms with Crippen LogP contribution < -0.4 is 0 Å². The molecule has 0 atom stereocenters. The van der Waals surface area contributed by atoms with E-state index in [2.05, 4.69) is 47.4 Å². The van der Waals surface area contributed by atoms with E-state index in [9.17, 15) is 0 Å². The lowest BCUT2D eigenvalue weighted by atomic mass is 9.97. The second-order valence-electron chi connectivity index (χ2n) is 6.01. The third kappa shape index (κ3) is 2.18. The van der Waals surface area contributed by atoms with E-state index in [-0.39, 0.29) is 0 Å². The highest BCUT2D eigenvalue weighted by Gasteiger charge is 2.21. The molecule has 2 aromatic heterocycles. The molecule has 3 heterocycles. The topological polar surface area (TPSA) is 43.1 Å². The molecule has 0 bridgehead atoms. The summed E-state index contributed by atoms with van der Waals surface area (Å²) in [6, 6.07) is 8.50. The molecule has 0 saturated heterocycles. The Kier molecular flexibility index (Phi) is 3.11. The predicted octanol–water partition coefficient (Wildman–Crippen LogP) is 3.54. The molecule has 0 radical (unpaired) electrons. The third-order valence-corrected chi connectivity index (χ3v) is 4.45. The summed E-state index contributed by atoms with van der Waals surface area (Å²) in [5.74, 6) is 0.982. The second kappa shape index (κ2) is 5.16. The van der Waals surface area contributed by atoms with Crippen molar-refractivity contribution in [3.05, 3.63) is 76.6 Å². The fraction of sp³-hybridized carbons (Fsp3) is 0.211. The van der Waals surface area contributed by atoms with Gasteiger partial charge in [0.2, 0.25) is 0 Å². The van der Waals surface area contributed by atoms with Gasteiger partial charge in [-0.3, -0.25) is 14.5 Å². The standard InChI is InChI=1S/C19H18N4/c1-12-8-16-17(9-13(12)2)23-14(3)10-21-18(23)11-22-19(16)15-4-6-20-7-5-15/h4-10H,11H2,1-3H3. The van der Waals surface area contributed by atoms with Crippen molar-refractivity contribution in [2.24, 2.45) is 4.99 Å². The van der Waals surface area contributed by atoms with Crippen LogP contribution in [0, 0.1) is 20.8 Å². The number of fused-ring (bicyclic) bond motifs is 3. The quantitative estimate of drug-likeness (QED) is 0.690. The number of rotatable bonds is 1. The van der Waals surface area contributed by atoms with E-state index < -0.39 is 0 Å². The lowest BCUT2D eigenvalue weighted by molar-refractivity contribution is 0.862. The van der Waals surface area contributed by atoms with Crippen LogP contribution in [-0.4, -0.2) is 20.2 Å². The summed E-state index contributed by atoms with van der Waals surface area (Å²) < 4.78 is 2.22. The molecule has 4 heteroatoms. The maximum Gasteiger partial charge on any atom is 0.135 e. The van der Waals surface area contributed by atoms with Crippen molar-refractivity contribution in [1.29, 1.82) is 0 Å². The molecule has 114 valence electrons.